The molecule has 1 unspecified atom stereocenters. The molecule has 10 heavy (non-hydrogen) atoms. The van der Waals surface area contributed by atoms with Gasteiger partial charge in [0.05, 0.1) is 0 Å². The molecular formula is C4H7N3OS2. The number of thiazole rings is 1. The van der Waals surface area contributed by atoms with Gasteiger partial charge < -0.3 is 5.73 Å². The lowest BCUT2D eigenvalue weighted by molar-refractivity contribution is 0.682. The van der Waals surface area contributed by atoms with Gasteiger partial charge in [-0.1, -0.05) is 0 Å². The molecule has 0 aliphatic rings. The van der Waals surface area contributed by atoms with Gasteiger partial charge in [-0.3, -0.25) is 0 Å². The van der Waals surface area contributed by atoms with Crippen molar-refractivity contribution in [1.29, 1.82) is 0 Å². The third kappa shape index (κ3) is 1.60. The summed E-state index contributed by atoms with van der Waals surface area (Å²) in [4.78, 5) is 3.90. The van der Waals surface area contributed by atoms with Crippen molar-refractivity contribution >= 4 is 22.3 Å². The predicted octanol–water partition coefficient (Wildman–Crippen LogP) is -0.417. The van der Waals surface area contributed by atoms with Crippen molar-refractivity contribution in [3.05, 3.63) is 10.4 Å². The van der Waals surface area contributed by atoms with Crippen LogP contribution in [0.4, 0.5) is 0 Å². The second-order valence-corrected chi connectivity index (χ2v) is 3.54. The Hall–Kier alpha value is -0.300. The van der Waals surface area contributed by atoms with E-state index in [1.165, 1.54) is 11.3 Å². The monoisotopic (exact) mass is 177 g/mol. The van der Waals surface area contributed by atoms with Crippen LogP contribution >= 0.6 is 11.3 Å². The highest BCUT2D eigenvalue weighted by molar-refractivity contribution is 7.82. The van der Waals surface area contributed by atoms with Crippen LogP contribution in [0, 0.1) is 0 Å². The van der Waals surface area contributed by atoms with E-state index in [9.17, 15) is 4.21 Å². The maximum absolute atomic E-state index is 10.6. The Bertz CT molecular complexity index is 246. The molecule has 0 aliphatic carbocycles. The minimum absolute atomic E-state index is 0.377. The van der Waals surface area contributed by atoms with Crippen LogP contribution in [0.15, 0.2) is 10.4 Å². The summed E-state index contributed by atoms with van der Waals surface area (Å²) >= 11 is 1.37. The molecule has 0 saturated heterocycles. The maximum atomic E-state index is 10.6. The van der Waals surface area contributed by atoms with E-state index >= 15 is 0 Å². The van der Waals surface area contributed by atoms with Crippen molar-refractivity contribution in [3.8, 4) is 0 Å². The normalized spacial score (nSPS) is 13.4. The number of nitrogens with two attached hydrogens (primary N) is 2. The van der Waals surface area contributed by atoms with E-state index in [1.54, 1.807) is 5.38 Å². The van der Waals surface area contributed by atoms with Gasteiger partial charge in [0, 0.05) is 11.9 Å². The van der Waals surface area contributed by atoms with Crippen LogP contribution < -0.4 is 10.9 Å². The molecule has 1 heterocycles. The van der Waals surface area contributed by atoms with Crippen molar-refractivity contribution in [2.45, 2.75) is 11.6 Å². The average molecular weight is 177 g/mol. The van der Waals surface area contributed by atoms with Crippen LogP contribution in [0.5, 0.6) is 0 Å². The van der Waals surface area contributed by atoms with Crippen molar-refractivity contribution in [2.75, 3.05) is 0 Å². The fraction of sp³-hybridized carbons (Fsp3) is 0.250. The molecule has 0 spiro atoms. The van der Waals surface area contributed by atoms with E-state index in [2.05, 4.69) is 4.98 Å². The first kappa shape index (κ1) is 7.80. The summed E-state index contributed by atoms with van der Waals surface area (Å²) < 4.78 is 10.6. The van der Waals surface area contributed by atoms with Crippen LogP contribution in [0.2, 0.25) is 0 Å². The van der Waals surface area contributed by atoms with E-state index in [1.807, 2.05) is 0 Å². The Labute approximate surface area is 64.8 Å². The minimum Gasteiger partial charge on any atom is -0.325 e. The van der Waals surface area contributed by atoms with Gasteiger partial charge in [-0.15, -0.1) is 11.3 Å². The molecule has 0 radical (unpaired) electrons. The summed E-state index contributed by atoms with van der Waals surface area (Å²) in [5.41, 5.74) is 5.27. The lowest BCUT2D eigenvalue weighted by Gasteiger charge is -1.84. The Morgan fingerprint density at radius 2 is 2.50 bits per heavy atom. The molecule has 0 saturated carbocycles. The number of hydrogen-bond acceptors (Lipinski definition) is 4. The molecule has 1 atom stereocenters. The lowest BCUT2D eigenvalue weighted by Crippen LogP contribution is -2.03. The molecule has 6 heteroatoms. The lowest BCUT2D eigenvalue weighted by atomic mass is 10.7. The highest BCUT2D eigenvalue weighted by Crippen LogP contribution is 2.09. The van der Waals surface area contributed by atoms with Gasteiger partial charge in [-0.25, -0.2) is 14.3 Å². The minimum atomic E-state index is -1.47. The van der Waals surface area contributed by atoms with Crippen molar-refractivity contribution in [3.63, 3.8) is 0 Å². The van der Waals surface area contributed by atoms with Gasteiger partial charge in [-0.05, 0) is 0 Å². The molecule has 1 rings (SSSR count). The number of nitrogens with zero attached hydrogens (tertiary/aromatic N) is 1. The third-order valence-corrected chi connectivity index (χ3v) is 2.55. The molecule has 0 amide bonds. The largest absolute Gasteiger partial charge is 0.325 e. The summed E-state index contributed by atoms with van der Waals surface area (Å²) in [5, 5.41) is 7.87. The highest BCUT2D eigenvalue weighted by atomic mass is 32.2. The van der Waals surface area contributed by atoms with Gasteiger partial charge in [0.15, 0.2) is 5.03 Å². The molecule has 4 nitrogen and oxygen atoms in total. The zero-order valence-electron chi connectivity index (χ0n) is 5.11. The second kappa shape index (κ2) is 3.20. The Kier molecular flexibility index (Phi) is 2.50. The van der Waals surface area contributed by atoms with Gasteiger partial charge >= 0.3 is 0 Å². The quantitative estimate of drug-likeness (QED) is 0.644. The molecule has 56 valence electrons. The number of rotatable bonds is 2. The molecule has 0 bridgehead atoms. The molecule has 1 aromatic rings. The zero-order valence-corrected chi connectivity index (χ0v) is 6.74. The van der Waals surface area contributed by atoms with E-state index in [4.69, 9.17) is 10.9 Å². The SMILES string of the molecule is NCc1nc(S(N)=O)cs1. The molecule has 0 aliphatic heterocycles. The molecule has 1 aromatic heterocycles. The van der Waals surface area contributed by atoms with Crippen LogP contribution in [0.1, 0.15) is 5.01 Å². The van der Waals surface area contributed by atoms with E-state index in [0.717, 1.165) is 5.01 Å². The van der Waals surface area contributed by atoms with E-state index in [0.29, 0.717) is 11.6 Å². The highest BCUT2D eigenvalue weighted by Gasteiger charge is 2.02. The molecule has 0 aromatic carbocycles. The van der Waals surface area contributed by atoms with Crippen molar-refractivity contribution < 1.29 is 4.21 Å². The number of aromatic nitrogens is 1. The van der Waals surface area contributed by atoms with Crippen LogP contribution in [-0.4, -0.2) is 9.19 Å². The van der Waals surface area contributed by atoms with Crippen LogP contribution in [0.25, 0.3) is 0 Å². The molecular weight excluding hydrogens is 170 g/mol. The standard InChI is InChI=1S/C4H7N3OS2/c5-1-3-7-4(2-9-3)10(6)8/h2H,1,5-6H2. The summed E-state index contributed by atoms with van der Waals surface area (Å²) in [6, 6.07) is 0. The Morgan fingerprint density at radius 1 is 1.80 bits per heavy atom. The first-order valence-corrected chi connectivity index (χ1v) is 4.64. The first-order valence-electron chi connectivity index (χ1n) is 2.54. The molecule has 4 N–H and O–H groups in total. The van der Waals surface area contributed by atoms with E-state index in [-0.39, 0.29) is 0 Å². The van der Waals surface area contributed by atoms with Gasteiger partial charge in [0.25, 0.3) is 0 Å². The summed E-state index contributed by atoms with van der Waals surface area (Å²) in [6.07, 6.45) is 0. The van der Waals surface area contributed by atoms with Gasteiger partial charge in [0.2, 0.25) is 0 Å². The fourth-order valence-corrected chi connectivity index (χ4v) is 1.80. The predicted molar refractivity (Wildman–Crippen MR) is 40.6 cm³/mol. The van der Waals surface area contributed by atoms with Gasteiger partial charge in [-0.2, -0.15) is 0 Å². The Morgan fingerprint density at radius 3 is 2.80 bits per heavy atom. The summed E-state index contributed by atoms with van der Waals surface area (Å²) in [6.45, 7) is 0.377. The summed E-state index contributed by atoms with van der Waals surface area (Å²) in [7, 11) is -1.47. The van der Waals surface area contributed by atoms with Crippen LogP contribution in [0.3, 0.4) is 0 Å². The third-order valence-electron chi connectivity index (χ3n) is 0.911. The van der Waals surface area contributed by atoms with Crippen molar-refractivity contribution in [1.82, 2.24) is 4.98 Å². The Balaban J connectivity index is 2.88. The smallest absolute Gasteiger partial charge is 0.153 e. The summed E-state index contributed by atoms with van der Waals surface area (Å²) in [5.74, 6) is 0. The molecule has 0 fully saturated rings. The average Bonchev–Trinajstić information content (AvgIpc) is 2.34. The van der Waals surface area contributed by atoms with E-state index < -0.39 is 11.0 Å². The number of hydrogen-bond donors (Lipinski definition) is 2. The zero-order chi connectivity index (χ0) is 7.56. The first-order chi connectivity index (χ1) is 4.74. The topological polar surface area (TPSA) is 82.0 Å². The fourth-order valence-electron chi connectivity index (χ4n) is 0.480. The maximum Gasteiger partial charge on any atom is 0.153 e. The van der Waals surface area contributed by atoms with Crippen molar-refractivity contribution in [2.24, 2.45) is 10.9 Å². The van der Waals surface area contributed by atoms with Gasteiger partial charge in [0.1, 0.15) is 16.0 Å². The van der Waals surface area contributed by atoms with Crippen LogP contribution in [-0.2, 0) is 17.5 Å². The second-order valence-electron chi connectivity index (χ2n) is 1.58.